The van der Waals surface area contributed by atoms with Gasteiger partial charge in [-0.05, 0) is 26.8 Å². The summed E-state index contributed by atoms with van der Waals surface area (Å²) >= 11 is 0. The molecule has 1 amide bonds. The van der Waals surface area contributed by atoms with E-state index in [1.54, 1.807) is 6.20 Å². The topological polar surface area (TPSA) is 63.6 Å². The Morgan fingerprint density at radius 1 is 1.15 bits per heavy atom. The zero-order valence-electron chi connectivity index (χ0n) is 15.7. The first kappa shape index (κ1) is 18.6. The first-order valence-corrected chi connectivity index (χ1v) is 9.22. The monoisotopic (exact) mass is 357 g/mol. The molecule has 26 heavy (non-hydrogen) atoms. The highest BCUT2D eigenvalue weighted by Crippen LogP contribution is 2.25. The van der Waals surface area contributed by atoms with Gasteiger partial charge in [0, 0.05) is 48.8 Å². The summed E-state index contributed by atoms with van der Waals surface area (Å²) < 4.78 is 7.37. The molecule has 1 aromatic heterocycles. The van der Waals surface area contributed by atoms with Crippen LogP contribution in [0.25, 0.3) is 10.9 Å². The fraction of sp³-hybridized carbons (Fsp3) is 0.500. The maximum absolute atomic E-state index is 12.8. The van der Waals surface area contributed by atoms with Gasteiger partial charge < -0.3 is 14.6 Å². The zero-order valence-corrected chi connectivity index (χ0v) is 15.7. The number of ketones is 1. The molecule has 140 valence electrons. The van der Waals surface area contributed by atoms with Gasteiger partial charge in [-0.25, -0.2) is 0 Å². The highest BCUT2D eigenvalue weighted by Gasteiger charge is 2.24. The molecule has 0 saturated carbocycles. The lowest BCUT2D eigenvalue weighted by atomic mass is 10.1. The highest BCUT2D eigenvalue weighted by atomic mass is 16.5. The molecule has 3 rings (SSSR count). The highest BCUT2D eigenvalue weighted by molar-refractivity contribution is 6.45. The zero-order chi connectivity index (χ0) is 18.7. The van der Waals surface area contributed by atoms with E-state index in [-0.39, 0.29) is 12.1 Å². The van der Waals surface area contributed by atoms with Crippen molar-refractivity contribution in [1.82, 2.24) is 14.8 Å². The molecule has 0 radical (unpaired) electrons. The first-order valence-electron chi connectivity index (χ1n) is 9.22. The lowest BCUT2D eigenvalue weighted by Gasteiger charge is -2.29. The van der Waals surface area contributed by atoms with Gasteiger partial charge in [0.15, 0.2) is 0 Å². The van der Waals surface area contributed by atoms with E-state index in [2.05, 4.69) is 24.1 Å². The Kier molecular flexibility index (Phi) is 5.74. The molecule has 1 aromatic carbocycles. The molecule has 6 heteroatoms. The van der Waals surface area contributed by atoms with E-state index in [1.807, 2.05) is 35.8 Å². The van der Waals surface area contributed by atoms with Gasteiger partial charge in [0.1, 0.15) is 0 Å². The van der Waals surface area contributed by atoms with Crippen LogP contribution in [-0.2, 0) is 9.53 Å². The molecular weight excluding hydrogens is 330 g/mol. The van der Waals surface area contributed by atoms with Crippen molar-refractivity contribution in [3.8, 4) is 0 Å². The number of fused-ring (bicyclic) bond motifs is 1. The number of hydrogen-bond acceptors (Lipinski definition) is 4. The van der Waals surface area contributed by atoms with E-state index in [1.165, 1.54) is 0 Å². The molecule has 2 heterocycles. The first-order chi connectivity index (χ1) is 12.5. The second kappa shape index (κ2) is 8.01. The van der Waals surface area contributed by atoms with Crippen LogP contribution < -0.4 is 5.32 Å². The Morgan fingerprint density at radius 2 is 1.85 bits per heavy atom. The summed E-state index contributed by atoms with van der Waals surface area (Å²) in [6, 6.07) is 7.83. The van der Waals surface area contributed by atoms with Crippen LogP contribution in [0.1, 0.15) is 37.2 Å². The van der Waals surface area contributed by atoms with E-state index < -0.39 is 11.7 Å². The number of nitrogens with one attached hydrogen (secondary N) is 1. The Bertz CT molecular complexity index is 791. The van der Waals surface area contributed by atoms with Crippen LogP contribution in [0.3, 0.4) is 0 Å². The minimum absolute atomic E-state index is 0.0944. The van der Waals surface area contributed by atoms with Gasteiger partial charge >= 0.3 is 0 Å². The largest absolute Gasteiger partial charge is 0.379 e. The molecule has 0 aliphatic carbocycles. The normalized spacial score (nSPS) is 16.8. The van der Waals surface area contributed by atoms with E-state index in [9.17, 15) is 9.59 Å². The van der Waals surface area contributed by atoms with Crippen molar-refractivity contribution in [3.05, 3.63) is 36.0 Å². The summed E-state index contributed by atoms with van der Waals surface area (Å²) in [6.45, 7) is 9.92. The number of rotatable bonds is 6. The lowest BCUT2D eigenvalue weighted by Crippen LogP contribution is -2.47. The molecule has 0 bridgehead atoms. The number of Topliss-reactive ketones (excluding diaryl/α,β-unsaturated/α-hetero) is 1. The van der Waals surface area contributed by atoms with Gasteiger partial charge in [0.05, 0.1) is 18.8 Å². The molecular formula is C20H27N3O3. The summed E-state index contributed by atoms with van der Waals surface area (Å²) in [5.41, 5.74) is 1.44. The molecule has 2 aromatic rings. The Labute approximate surface area is 154 Å². The van der Waals surface area contributed by atoms with Crippen LogP contribution in [-0.4, -0.2) is 60.0 Å². The lowest BCUT2D eigenvalue weighted by molar-refractivity contribution is -0.117. The number of hydrogen-bond donors (Lipinski definition) is 1. The fourth-order valence-electron chi connectivity index (χ4n) is 3.44. The number of nitrogens with zero attached hydrogens (tertiary/aromatic N) is 2. The number of amides is 1. The predicted octanol–water partition coefficient (Wildman–Crippen LogP) is 2.24. The third-order valence-electron chi connectivity index (χ3n) is 4.76. The van der Waals surface area contributed by atoms with Crippen LogP contribution in [0, 0.1) is 0 Å². The van der Waals surface area contributed by atoms with E-state index >= 15 is 0 Å². The van der Waals surface area contributed by atoms with Gasteiger partial charge in [-0.15, -0.1) is 0 Å². The molecule has 1 fully saturated rings. The van der Waals surface area contributed by atoms with Gasteiger partial charge in [0.25, 0.3) is 11.7 Å². The summed E-state index contributed by atoms with van der Waals surface area (Å²) in [7, 11) is 0. The standard InChI is InChI=1S/C20H27N3O3/c1-14(2)23-13-17(16-6-4-5-7-18(16)23)19(24)20(25)21-15(3)12-22-8-10-26-11-9-22/h4-7,13-15H,8-12H2,1-3H3,(H,21,25). The van der Waals surface area contributed by atoms with Crippen LogP contribution in [0.5, 0.6) is 0 Å². The second-order valence-electron chi connectivity index (χ2n) is 7.18. The van der Waals surface area contributed by atoms with E-state index in [0.717, 1.165) is 30.5 Å². The van der Waals surface area contributed by atoms with Crippen molar-refractivity contribution in [2.45, 2.75) is 32.9 Å². The molecule has 0 spiro atoms. The average molecular weight is 357 g/mol. The van der Waals surface area contributed by atoms with Crippen molar-refractivity contribution >= 4 is 22.6 Å². The van der Waals surface area contributed by atoms with Crippen LogP contribution in [0.4, 0.5) is 0 Å². The van der Waals surface area contributed by atoms with E-state index in [0.29, 0.717) is 18.8 Å². The number of benzene rings is 1. The van der Waals surface area contributed by atoms with Gasteiger partial charge in [-0.2, -0.15) is 0 Å². The molecule has 1 atom stereocenters. The minimum Gasteiger partial charge on any atom is -0.379 e. The SMILES string of the molecule is CC(CN1CCOCC1)NC(=O)C(=O)c1cn(C(C)C)c2ccccc12. The minimum atomic E-state index is -0.544. The van der Waals surface area contributed by atoms with E-state index in [4.69, 9.17) is 4.74 Å². The predicted molar refractivity (Wildman–Crippen MR) is 102 cm³/mol. The quantitative estimate of drug-likeness (QED) is 0.636. The Morgan fingerprint density at radius 3 is 2.54 bits per heavy atom. The molecule has 6 nitrogen and oxygen atoms in total. The number of carbonyl (C=O) groups excluding carboxylic acids is 2. The molecule has 1 N–H and O–H groups in total. The van der Waals surface area contributed by atoms with Crippen molar-refractivity contribution < 1.29 is 14.3 Å². The third kappa shape index (κ3) is 3.97. The molecule has 1 saturated heterocycles. The van der Waals surface area contributed by atoms with Crippen molar-refractivity contribution in [3.63, 3.8) is 0 Å². The number of carbonyl (C=O) groups is 2. The fourth-order valence-corrected chi connectivity index (χ4v) is 3.44. The van der Waals surface area contributed by atoms with Crippen LogP contribution in [0.15, 0.2) is 30.5 Å². The smallest absolute Gasteiger partial charge is 0.292 e. The van der Waals surface area contributed by atoms with Crippen LogP contribution >= 0.6 is 0 Å². The maximum atomic E-state index is 12.8. The molecule has 1 aliphatic rings. The molecule has 1 aliphatic heterocycles. The number of aromatic nitrogens is 1. The summed E-state index contributed by atoms with van der Waals surface area (Å²) in [5, 5.41) is 3.67. The van der Waals surface area contributed by atoms with Crippen molar-refractivity contribution in [1.29, 1.82) is 0 Å². The maximum Gasteiger partial charge on any atom is 0.292 e. The summed E-state index contributed by atoms with van der Waals surface area (Å²) in [6.07, 6.45) is 1.80. The number of morpholine rings is 1. The number of para-hydroxylation sites is 1. The van der Waals surface area contributed by atoms with Gasteiger partial charge in [0.2, 0.25) is 0 Å². The van der Waals surface area contributed by atoms with Crippen LogP contribution in [0.2, 0.25) is 0 Å². The second-order valence-corrected chi connectivity index (χ2v) is 7.18. The van der Waals surface area contributed by atoms with Gasteiger partial charge in [-0.1, -0.05) is 18.2 Å². The molecule has 1 unspecified atom stereocenters. The van der Waals surface area contributed by atoms with Gasteiger partial charge in [-0.3, -0.25) is 14.5 Å². The van der Waals surface area contributed by atoms with Crippen molar-refractivity contribution in [2.24, 2.45) is 0 Å². The summed E-state index contributed by atoms with van der Waals surface area (Å²) in [4.78, 5) is 27.5. The average Bonchev–Trinajstić information content (AvgIpc) is 3.01. The third-order valence-corrected chi connectivity index (χ3v) is 4.76. The summed E-state index contributed by atoms with van der Waals surface area (Å²) in [5.74, 6) is -1.02. The number of ether oxygens (including phenoxy) is 1. The Balaban J connectivity index is 1.72. The Hall–Kier alpha value is -2.18. The van der Waals surface area contributed by atoms with Crippen molar-refractivity contribution in [2.75, 3.05) is 32.8 Å².